The number of Topliss-reactive ketones (excluding diaryl/α,β-unsaturated/α-hetero) is 1. The van der Waals surface area contributed by atoms with Crippen molar-refractivity contribution in [2.24, 2.45) is 7.05 Å². The van der Waals surface area contributed by atoms with E-state index in [1.807, 2.05) is 0 Å². The molecule has 0 radical (unpaired) electrons. The molecule has 0 saturated carbocycles. The van der Waals surface area contributed by atoms with Gasteiger partial charge in [-0.1, -0.05) is 23.7 Å². The van der Waals surface area contributed by atoms with Gasteiger partial charge in [0.2, 0.25) is 0 Å². The van der Waals surface area contributed by atoms with Gasteiger partial charge in [-0.05, 0) is 23.8 Å². The SMILES string of the molecule is Cn1cc(C(=O)Cc2ccc(Cl)cc2)cc1C(=O)O. The van der Waals surface area contributed by atoms with Crippen LogP contribution in [0.2, 0.25) is 5.02 Å². The number of carboxylic acids is 1. The molecule has 1 heterocycles. The molecule has 0 aliphatic rings. The molecule has 98 valence electrons. The summed E-state index contributed by atoms with van der Waals surface area (Å²) < 4.78 is 1.43. The first-order valence-electron chi connectivity index (χ1n) is 5.64. The molecule has 19 heavy (non-hydrogen) atoms. The van der Waals surface area contributed by atoms with Crippen molar-refractivity contribution in [1.29, 1.82) is 0 Å². The van der Waals surface area contributed by atoms with Crippen LogP contribution in [0.15, 0.2) is 36.5 Å². The maximum Gasteiger partial charge on any atom is 0.352 e. The van der Waals surface area contributed by atoms with Crippen LogP contribution >= 0.6 is 11.6 Å². The number of ketones is 1. The van der Waals surface area contributed by atoms with E-state index in [0.29, 0.717) is 10.6 Å². The topological polar surface area (TPSA) is 59.3 Å². The van der Waals surface area contributed by atoms with Crippen LogP contribution in [0.5, 0.6) is 0 Å². The predicted molar refractivity (Wildman–Crippen MR) is 71.9 cm³/mol. The first kappa shape index (κ1) is 13.4. The van der Waals surface area contributed by atoms with Crippen molar-refractivity contribution in [3.05, 3.63) is 58.4 Å². The van der Waals surface area contributed by atoms with Crippen LogP contribution in [0.25, 0.3) is 0 Å². The molecular formula is C14H12ClNO3. The second kappa shape index (κ2) is 5.28. The average molecular weight is 278 g/mol. The highest BCUT2D eigenvalue weighted by Gasteiger charge is 2.15. The number of hydrogen-bond acceptors (Lipinski definition) is 2. The van der Waals surface area contributed by atoms with Gasteiger partial charge in [-0.25, -0.2) is 4.79 Å². The molecule has 1 N–H and O–H groups in total. The minimum atomic E-state index is -1.05. The number of benzene rings is 1. The highest BCUT2D eigenvalue weighted by Crippen LogP contribution is 2.14. The maximum absolute atomic E-state index is 12.0. The van der Waals surface area contributed by atoms with Crippen LogP contribution < -0.4 is 0 Å². The number of aromatic nitrogens is 1. The summed E-state index contributed by atoms with van der Waals surface area (Å²) in [4.78, 5) is 23.0. The Morgan fingerprint density at radius 1 is 1.26 bits per heavy atom. The van der Waals surface area contributed by atoms with Gasteiger partial charge in [0.25, 0.3) is 0 Å². The highest BCUT2D eigenvalue weighted by molar-refractivity contribution is 6.30. The largest absolute Gasteiger partial charge is 0.477 e. The summed E-state index contributed by atoms with van der Waals surface area (Å²) in [5, 5.41) is 9.55. The molecule has 1 aromatic heterocycles. The van der Waals surface area contributed by atoms with E-state index in [9.17, 15) is 9.59 Å². The van der Waals surface area contributed by atoms with Crippen molar-refractivity contribution in [2.45, 2.75) is 6.42 Å². The molecule has 0 saturated heterocycles. The van der Waals surface area contributed by atoms with E-state index in [2.05, 4.69) is 0 Å². The van der Waals surface area contributed by atoms with Crippen LogP contribution in [0, 0.1) is 0 Å². The fourth-order valence-corrected chi connectivity index (χ4v) is 1.95. The summed E-state index contributed by atoms with van der Waals surface area (Å²) in [6.07, 6.45) is 1.75. The Kier molecular flexibility index (Phi) is 3.71. The average Bonchev–Trinajstić information content (AvgIpc) is 2.74. The summed E-state index contributed by atoms with van der Waals surface area (Å²) in [5.74, 6) is -1.17. The minimum absolute atomic E-state index is 0.0967. The van der Waals surface area contributed by atoms with E-state index in [-0.39, 0.29) is 17.9 Å². The van der Waals surface area contributed by atoms with Gasteiger partial charge in [0.1, 0.15) is 5.69 Å². The van der Waals surface area contributed by atoms with Gasteiger partial charge in [-0.2, -0.15) is 0 Å². The Morgan fingerprint density at radius 3 is 2.42 bits per heavy atom. The molecule has 0 amide bonds. The van der Waals surface area contributed by atoms with Gasteiger partial charge in [0, 0.05) is 30.3 Å². The summed E-state index contributed by atoms with van der Waals surface area (Å²) in [6, 6.07) is 8.39. The number of carbonyl (C=O) groups is 2. The number of rotatable bonds is 4. The molecule has 2 rings (SSSR count). The molecule has 1 aromatic carbocycles. The molecule has 0 unspecified atom stereocenters. The summed E-state index contributed by atoms with van der Waals surface area (Å²) >= 11 is 5.77. The lowest BCUT2D eigenvalue weighted by Gasteiger charge is -1.99. The normalized spacial score (nSPS) is 10.4. The van der Waals surface area contributed by atoms with Gasteiger partial charge in [0.05, 0.1) is 0 Å². The first-order chi connectivity index (χ1) is 8.97. The van der Waals surface area contributed by atoms with Crippen molar-refractivity contribution in [3.63, 3.8) is 0 Å². The predicted octanol–water partition coefficient (Wildman–Crippen LogP) is 2.80. The molecule has 0 aliphatic carbocycles. The Morgan fingerprint density at radius 2 is 1.89 bits per heavy atom. The van der Waals surface area contributed by atoms with E-state index >= 15 is 0 Å². The Labute approximate surface area is 115 Å². The third-order valence-electron chi connectivity index (χ3n) is 2.82. The number of halogens is 1. The van der Waals surface area contributed by atoms with E-state index in [1.54, 1.807) is 31.3 Å². The number of aromatic carboxylic acids is 1. The fourth-order valence-electron chi connectivity index (χ4n) is 1.82. The summed E-state index contributed by atoms with van der Waals surface area (Å²) in [6.45, 7) is 0. The van der Waals surface area contributed by atoms with Gasteiger partial charge < -0.3 is 9.67 Å². The standard InChI is InChI=1S/C14H12ClNO3/c1-16-8-10(7-12(16)14(18)19)13(17)6-9-2-4-11(15)5-3-9/h2-5,7-8H,6H2,1H3,(H,18,19). The summed E-state index contributed by atoms with van der Waals surface area (Å²) in [7, 11) is 1.60. The van der Waals surface area contributed by atoms with Crippen molar-refractivity contribution in [3.8, 4) is 0 Å². The van der Waals surface area contributed by atoms with Crippen LogP contribution in [0.1, 0.15) is 26.4 Å². The Bertz CT molecular complexity index is 629. The maximum atomic E-state index is 12.0. The van der Waals surface area contributed by atoms with E-state index in [1.165, 1.54) is 16.8 Å². The van der Waals surface area contributed by atoms with Crippen LogP contribution in [-0.4, -0.2) is 21.4 Å². The smallest absolute Gasteiger partial charge is 0.352 e. The van der Waals surface area contributed by atoms with Crippen LogP contribution in [0.4, 0.5) is 0 Å². The zero-order valence-electron chi connectivity index (χ0n) is 10.3. The molecule has 4 nitrogen and oxygen atoms in total. The van der Waals surface area contributed by atoms with E-state index < -0.39 is 5.97 Å². The molecule has 0 fully saturated rings. The monoisotopic (exact) mass is 277 g/mol. The van der Waals surface area contributed by atoms with Crippen molar-refractivity contribution >= 4 is 23.4 Å². The Balaban J connectivity index is 2.18. The van der Waals surface area contributed by atoms with Gasteiger partial charge in [-0.3, -0.25) is 4.79 Å². The van der Waals surface area contributed by atoms with E-state index in [0.717, 1.165) is 5.56 Å². The third kappa shape index (κ3) is 3.03. The Hall–Kier alpha value is -2.07. The zero-order valence-corrected chi connectivity index (χ0v) is 11.0. The fraction of sp³-hybridized carbons (Fsp3) is 0.143. The molecule has 0 bridgehead atoms. The second-order valence-corrected chi connectivity index (χ2v) is 4.69. The van der Waals surface area contributed by atoms with Crippen molar-refractivity contribution in [2.75, 3.05) is 0 Å². The molecule has 0 spiro atoms. The van der Waals surface area contributed by atoms with Crippen LogP contribution in [-0.2, 0) is 13.5 Å². The van der Waals surface area contributed by atoms with Gasteiger partial charge >= 0.3 is 5.97 Å². The second-order valence-electron chi connectivity index (χ2n) is 4.26. The van der Waals surface area contributed by atoms with Gasteiger partial charge in [-0.15, -0.1) is 0 Å². The molecule has 2 aromatic rings. The molecule has 5 heteroatoms. The highest BCUT2D eigenvalue weighted by atomic mass is 35.5. The number of carbonyl (C=O) groups excluding carboxylic acids is 1. The lowest BCUT2D eigenvalue weighted by atomic mass is 10.1. The van der Waals surface area contributed by atoms with E-state index in [4.69, 9.17) is 16.7 Å². The molecule has 0 atom stereocenters. The number of hydrogen-bond donors (Lipinski definition) is 1. The lowest BCUT2D eigenvalue weighted by molar-refractivity contribution is 0.0686. The third-order valence-corrected chi connectivity index (χ3v) is 3.08. The number of carboxylic acid groups (broad SMARTS) is 1. The van der Waals surface area contributed by atoms with Crippen molar-refractivity contribution < 1.29 is 14.7 Å². The first-order valence-corrected chi connectivity index (χ1v) is 6.02. The molecular weight excluding hydrogens is 266 g/mol. The quantitative estimate of drug-likeness (QED) is 0.874. The van der Waals surface area contributed by atoms with Gasteiger partial charge in [0.15, 0.2) is 5.78 Å². The lowest BCUT2D eigenvalue weighted by Crippen LogP contribution is -2.02. The molecule has 0 aliphatic heterocycles. The summed E-state index contributed by atoms with van der Waals surface area (Å²) in [5.41, 5.74) is 1.34. The van der Waals surface area contributed by atoms with Crippen LogP contribution in [0.3, 0.4) is 0 Å². The minimum Gasteiger partial charge on any atom is -0.477 e. The zero-order chi connectivity index (χ0) is 14.0. The van der Waals surface area contributed by atoms with Crippen molar-refractivity contribution in [1.82, 2.24) is 4.57 Å². The number of aryl methyl sites for hydroxylation is 1. The number of nitrogens with zero attached hydrogens (tertiary/aromatic N) is 1.